The molecule has 0 aliphatic carbocycles. The molecule has 0 rings (SSSR count). The standard InChI is InChI=1S/C17H33ClO3/c1-4-5-6-7-8-9-10-11-12-13-14-16(18)21-17(19)20-15(2)3/h15-16H,4-14H2,1-3H3. The van der Waals surface area contributed by atoms with Gasteiger partial charge in [0, 0.05) is 0 Å². The molecule has 1 unspecified atom stereocenters. The van der Waals surface area contributed by atoms with Crippen LogP contribution in [0.1, 0.15) is 91.4 Å². The van der Waals surface area contributed by atoms with Crippen LogP contribution in [0.3, 0.4) is 0 Å². The third-order valence-electron chi connectivity index (χ3n) is 3.34. The molecule has 0 N–H and O–H groups in total. The minimum absolute atomic E-state index is 0.168. The maximum Gasteiger partial charge on any atom is 0.510 e. The van der Waals surface area contributed by atoms with Gasteiger partial charge in [0.25, 0.3) is 0 Å². The van der Waals surface area contributed by atoms with Gasteiger partial charge in [0.05, 0.1) is 6.10 Å². The Labute approximate surface area is 135 Å². The van der Waals surface area contributed by atoms with E-state index in [1.165, 1.54) is 51.4 Å². The van der Waals surface area contributed by atoms with E-state index in [0.717, 1.165) is 12.8 Å². The summed E-state index contributed by atoms with van der Waals surface area (Å²) >= 11 is 5.95. The average Bonchev–Trinajstić information content (AvgIpc) is 2.39. The molecule has 0 aromatic carbocycles. The first kappa shape index (κ1) is 20.6. The zero-order valence-electron chi connectivity index (χ0n) is 14.0. The van der Waals surface area contributed by atoms with Crippen LogP contribution in [0.2, 0.25) is 0 Å². The number of unbranched alkanes of at least 4 members (excludes halogenated alkanes) is 9. The molecule has 0 saturated carbocycles. The van der Waals surface area contributed by atoms with Crippen molar-refractivity contribution < 1.29 is 14.3 Å². The Hall–Kier alpha value is -0.440. The van der Waals surface area contributed by atoms with Crippen LogP contribution in [0.4, 0.5) is 4.79 Å². The van der Waals surface area contributed by atoms with Gasteiger partial charge in [-0.05, 0) is 26.7 Å². The second-order valence-corrected chi connectivity index (χ2v) is 6.40. The molecule has 1 atom stereocenters. The van der Waals surface area contributed by atoms with Crippen molar-refractivity contribution in [3.05, 3.63) is 0 Å². The highest BCUT2D eigenvalue weighted by atomic mass is 35.5. The predicted molar refractivity (Wildman–Crippen MR) is 88.8 cm³/mol. The maximum atomic E-state index is 11.2. The number of hydrogen-bond acceptors (Lipinski definition) is 3. The fourth-order valence-electron chi connectivity index (χ4n) is 2.18. The molecule has 0 saturated heterocycles. The van der Waals surface area contributed by atoms with Crippen LogP contribution < -0.4 is 0 Å². The van der Waals surface area contributed by atoms with Crippen molar-refractivity contribution in [2.75, 3.05) is 0 Å². The molecule has 3 nitrogen and oxygen atoms in total. The average molecular weight is 321 g/mol. The van der Waals surface area contributed by atoms with Gasteiger partial charge in [-0.25, -0.2) is 4.79 Å². The quantitative estimate of drug-likeness (QED) is 0.223. The summed E-state index contributed by atoms with van der Waals surface area (Å²) in [5.74, 6) is 0. The van der Waals surface area contributed by atoms with Crippen molar-refractivity contribution in [3.8, 4) is 0 Å². The molecule has 0 radical (unpaired) electrons. The van der Waals surface area contributed by atoms with Gasteiger partial charge < -0.3 is 9.47 Å². The number of halogens is 1. The Kier molecular flexibility index (Phi) is 14.2. The molecule has 0 spiro atoms. The molecule has 0 aromatic heterocycles. The normalized spacial score (nSPS) is 12.4. The monoisotopic (exact) mass is 320 g/mol. The Morgan fingerprint density at radius 3 is 1.81 bits per heavy atom. The van der Waals surface area contributed by atoms with Crippen LogP contribution in [0.25, 0.3) is 0 Å². The zero-order valence-corrected chi connectivity index (χ0v) is 14.8. The molecule has 21 heavy (non-hydrogen) atoms. The first-order valence-electron chi connectivity index (χ1n) is 8.57. The molecule has 0 aliphatic rings. The fourth-order valence-corrected chi connectivity index (χ4v) is 2.40. The first-order chi connectivity index (χ1) is 10.1. The van der Waals surface area contributed by atoms with Crippen molar-refractivity contribution in [1.29, 1.82) is 0 Å². The summed E-state index contributed by atoms with van der Waals surface area (Å²) in [6, 6.07) is 0. The van der Waals surface area contributed by atoms with E-state index in [1.54, 1.807) is 13.8 Å². The van der Waals surface area contributed by atoms with Gasteiger partial charge in [-0.15, -0.1) is 0 Å². The number of hydrogen-bond donors (Lipinski definition) is 0. The Bertz CT molecular complexity index is 244. The molecule has 0 fully saturated rings. The van der Waals surface area contributed by atoms with Gasteiger partial charge in [0.2, 0.25) is 0 Å². The largest absolute Gasteiger partial charge is 0.510 e. The zero-order chi connectivity index (χ0) is 15.9. The highest BCUT2D eigenvalue weighted by molar-refractivity contribution is 6.20. The molecule has 4 heteroatoms. The lowest BCUT2D eigenvalue weighted by Gasteiger charge is -2.12. The van der Waals surface area contributed by atoms with E-state index in [1.807, 2.05) is 0 Å². The summed E-state index contributed by atoms with van der Waals surface area (Å²) in [5.41, 5.74) is -0.565. The van der Waals surface area contributed by atoms with E-state index >= 15 is 0 Å². The van der Waals surface area contributed by atoms with Gasteiger partial charge in [-0.1, -0.05) is 76.3 Å². The molecular weight excluding hydrogens is 288 g/mol. The number of ether oxygens (including phenoxy) is 2. The highest BCUT2D eigenvalue weighted by Crippen LogP contribution is 2.15. The molecule has 0 amide bonds. The van der Waals surface area contributed by atoms with Crippen molar-refractivity contribution in [2.45, 2.75) is 103 Å². The van der Waals surface area contributed by atoms with Crippen molar-refractivity contribution in [2.24, 2.45) is 0 Å². The maximum absolute atomic E-state index is 11.2. The minimum Gasteiger partial charge on any atom is -0.432 e. The summed E-state index contributed by atoms with van der Waals surface area (Å²) in [7, 11) is 0. The minimum atomic E-state index is -0.669. The second-order valence-electron chi connectivity index (χ2n) is 5.92. The highest BCUT2D eigenvalue weighted by Gasteiger charge is 2.13. The Morgan fingerprint density at radius 1 is 0.857 bits per heavy atom. The lowest BCUT2D eigenvalue weighted by atomic mass is 10.1. The van der Waals surface area contributed by atoms with E-state index in [2.05, 4.69) is 6.92 Å². The summed E-state index contributed by atoms with van der Waals surface area (Å²) in [6.45, 7) is 5.82. The van der Waals surface area contributed by atoms with Crippen molar-refractivity contribution in [3.63, 3.8) is 0 Å². The third-order valence-corrected chi connectivity index (χ3v) is 3.65. The summed E-state index contributed by atoms with van der Waals surface area (Å²) in [4.78, 5) is 11.2. The van der Waals surface area contributed by atoms with Gasteiger partial charge in [-0.3, -0.25) is 0 Å². The summed E-state index contributed by atoms with van der Waals surface area (Å²) in [6.07, 6.45) is 12.7. The number of carbonyl (C=O) groups is 1. The molecule has 0 heterocycles. The van der Waals surface area contributed by atoms with E-state index in [9.17, 15) is 4.79 Å². The van der Waals surface area contributed by atoms with E-state index in [-0.39, 0.29) is 6.10 Å². The molecule has 126 valence electrons. The summed E-state index contributed by atoms with van der Waals surface area (Å²) in [5, 5.41) is 0. The van der Waals surface area contributed by atoms with Crippen LogP contribution in [0, 0.1) is 0 Å². The lowest BCUT2D eigenvalue weighted by molar-refractivity contribution is 0.0244. The van der Waals surface area contributed by atoms with Crippen LogP contribution in [-0.2, 0) is 9.47 Å². The Balaban J connectivity index is 3.28. The van der Waals surface area contributed by atoms with E-state index in [4.69, 9.17) is 21.1 Å². The molecular formula is C17H33ClO3. The molecule has 0 aliphatic heterocycles. The van der Waals surface area contributed by atoms with Gasteiger partial charge in [0.15, 0.2) is 5.56 Å². The smallest absolute Gasteiger partial charge is 0.432 e. The van der Waals surface area contributed by atoms with Gasteiger partial charge in [0.1, 0.15) is 0 Å². The van der Waals surface area contributed by atoms with Gasteiger partial charge in [-0.2, -0.15) is 0 Å². The summed E-state index contributed by atoms with van der Waals surface area (Å²) < 4.78 is 9.82. The van der Waals surface area contributed by atoms with Crippen LogP contribution >= 0.6 is 11.6 Å². The third kappa shape index (κ3) is 15.8. The predicted octanol–water partition coefficient (Wildman–Crippen LogP) is 6.42. The van der Waals surface area contributed by atoms with Gasteiger partial charge >= 0.3 is 6.16 Å². The van der Waals surface area contributed by atoms with E-state index < -0.39 is 11.7 Å². The molecule has 0 aromatic rings. The number of alkyl halides is 1. The second kappa shape index (κ2) is 14.5. The fraction of sp³-hybridized carbons (Fsp3) is 0.941. The van der Waals surface area contributed by atoms with Crippen LogP contribution in [-0.4, -0.2) is 17.8 Å². The van der Waals surface area contributed by atoms with Crippen LogP contribution in [0.5, 0.6) is 0 Å². The number of carbonyl (C=O) groups excluding carboxylic acids is 1. The van der Waals surface area contributed by atoms with Crippen molar-refractivity contribution in [1.82, 2.24) is 0 Å². The Morgan fingerprint density at radius 2 is 1.33 bits per heavy atom. The lowest BCUT2D eigenvalue weighted by Crippen LogP contribution is -2.17. The van der Waals surface area contributed by atoms with E-state index in [0.29, 0.717) is 6.42 Å². The SMILES string of the molecule is CCCCCCCCCCCCC(Cl)OC(=O)OC(C)C. The first-order valence-corrected chi connectivity index (χ1v) is 9.01. The number of rotatable bonds is 13. The molecule has 0 bridgehead atoms. The van der Waals surface area contributed by atoms with Crippen LogP contribution in [0.15, 0.2) is 0 Å². The van der Waals surface area contributed by atoms with Crippen molar-refractivity contribution >= 4 is 17.8 Å². The topological polar surface area (TPSA) is 35.5 Å².